The van der Waals surface area contributed by atoms with E-state index in [1.807, 2.05) is 0 Å². The normalized spacial score (nSPS) is 56.2. The van der Waals surface area contributed by atoms with E-state index < -0.39 is 0 Å². The lowest BCUT2D eigenvalue weighted by atomic mass is 9.48. The molecule has 2 heteroatoms. The van der Waals surface area contributed by atoms with Crippen molar-refractivity contribution in [2.75, 3.05) is 0 Å². The summed E-state index contributed by atoms with van der Waals surface area (Å²) in [6.07, 6.45) is 12.2. The zero-order chi connectivity index (χ0) is 14.8. The number of hydrogen-bond acceptors (Lipinski definition) is 2. The summed E-state index contributed by atoms with van der Waals surface area (Å²) in [5, 5.41) is 10.5. The van der Waals surface area contributed by atoms with Crippen molar-refractivity contribution in [1.82, 2.24) is 0 Å². The van der Waals surface area contributed by atoms with Gasteiger partial charge in [0, 0.05) is 6.04 Å². The van der Waals surface area contributed by atoms with Crippen molar-refractivity contribution in [3.05, 3.63) is 11.6 Å². The molecular formula is C19H31NO. The minimum absolute atomic E-state index is 0.0542. The molecule has 0 heterocycles. The average Bonchev–Trinajstić information content (AvgIpc) is 2.76. The van der Waals surface area contributed by atoms with Crippen molar-refractivity contribution in [1.29, 1.82) is 0 Å². The first-order chi connectivity index (χ1) is 9.95. The molecule has 4 aliphatic carbocycles. The van der Waals surface area contributed by atoms with E-state index in [4.69, 9.17) is 5.73 Å². The number of aliphatic hydroxyl groups excluding tert-OH is 1. The lowest BCUT2D eigenvalue weighted by Gasteiger charge is -2.57. The Morgan fingerprint density at radius 2 is 1.90 bits per heavy atom. The van der Waals surface area contributed by atoms with E-state index in [0.717, 1.165) is 30.6 Å². The molecule has 0 aromatic rings. The Hall–Kier alpha value is -0.340. The first-order valence-electron chi connectivity index (χ1n) is 9.08. The fraction of sp³-hybridized carbons (Fsp3) is 0.895. The fourth-order valence-electron chi connectivity index (χ4n) is 6.66. The molecule has 2 nitrogen and oxygen atoms in total. The van der Waals surface area contributed by atoms with Gasteiger partial charge in [0.2, 0.25) is 0 Å². The van der Waals surface area contributed by atoms with Gasteiger partial charge in [0.05, 0.1) is 6.10 Å². The van der Waals surface area contributed by atoms with Gasteiger partial charge in [-0.05, 0) is 80.0 Å². The first-order valence-corrected chi connectivity index (χ1v) is 9.08. The number of fused-ring (bicyclic) bond motifs is 5. The minimum Gasteiger partial charge on any atom is -0.393 e. The third-order valence-electron chi connectivity index (χ3n) is 8.09. The lowest BCUT2D eigenvalue weighted by Crippen LogP contribution is -2.51. The SMILES string of the molecule is C[C@]12CC[C@H]3[C@@H](CC=C4C[C@H](N)CC[C@@]43C)[C@@H]1CC[C@@H]2O. The summed E-state index contributed by atoms with van der Waals surface area (Å²) in [5.41, 5.74) is 8.50. The molecule has 0 aromatic carbocycles. The first kappa shape index (κ1) is 14.3. The molecule has 4 aliphatic rings. The summed E-state index contributed by atoms with van der Waals surface area (Å²) in [6.45, 7) is 4.89. The van der Waals surface area contributed by atoms with Crippen molar-refractivity contribution >= 4 is 0 Å². The van der Waals surface area contributed by atoms with Crippen LogP contribution in [0.5, 0.6) is 0 Å². The van der Waals surface area contributed by atoms with E-state index in [-0.39, 0.29) is 11.5 Å². The van der Waals surface area contributed by atoms with Crippen molar-refractivity contribution in [2.24, 2.45) is 34.3 Å². The summed E-state index contributed by atoms with van der Waals surface area (Å²) in [4.78, 5) is 0. The predicted octanol–water partition coefficient (Wildman–Crippen LogP) is 3.64. The van der Waals surface area contributed by atoms with Crippen molar-refractivity contribution in [2.45, 2.75) is 77.4 Å². The van der Waals surface area contributed by atoms with Crippen LogP contribution in [0, 0.1) is 28.6 Å². The van der Waals surface area contributed by atoms with Gasteiger partial charge < -0.3 is 10.8 Å². The molecule has 7 atom stereocenters. The Balaban J connectivity index is 1.68. The van der Waals surface area contributed by atoms with Crippen LogP contribution >= 0.6 is 0 Å². The van der Waals surface area contributed by atoms with E-state index >= 15 is 0 Å². The largest absolute Gasteiger partial charge is 0.393 e. The number of aliphatic hydroxyl groups is 1. The van der Waals surface area contributed by atoms with Gasteiger partial charge in [0.1, 0.15) is 0 Å². The highest BCUT2D eigenvalue weighted by Crippen LogP contribution is 2.64. The fourth-order valence-corrected chi connectivity index (χ4v) is 6.66. The second-order valence-electron chi connectivity index (χ2n) is 8.90. The van der Waals surface area contributed by atoms with E-state index in [9.17, 15) is 5.11 Å². The smallest absolute Gasteiger partial charge is 0.0596 e. The van der Waals surface area contributed by atoms with Crippen LogP contribution in [0.15, 0.2) is 11.6 Å². The topological polar surface area (TPSA) is 46.2 Å². The van der Waals surface area contributed by atoms with Crippen LogP contribution < -0.4 is 5.73 Å². The maximum absolute atomic E-state index is 10.5. The Kier molecular flexibility index (Phi) is 3.11. The number of hydrogen-bond donors (Lipinski definition) is 2. The highest BCUT2D eigenvalue weighted by molar-refractivity contribution is 5.25. The second kappa shape index (κ2) is 4.58. The van der Waals surface area contributed by atoms with E-state index in [0.29, 0.717) is 11.5 Å². The number of allylic oxidation sites excluding steroid dienone is 1. The van der Waals surface area contributed by atoms with Gasteiger partial charge in [-0.25, -0.2) is 0 Å². The minimum atomic E-state index is -0.0542. The Morgan fingerprint density at radius 3 is 2.71 bits per heavy atom. The van der Waals surface area contributed by atoms with Gasteiger partial charge in [0.15, 0.2) is 0 Å². The molecule has 0 amide bonds. The van der Waals surface area contributed by atoms with E-state index in [1.54, 1.807) is 5.57 Å². The Labute approximate surface area is 129 Å². The van der Waals surface area contributed by atoms with Crippen LogP contribution in [-0.2, 0) is 0 Å². The van der Waals surface area contributed by atoms with E-state index in [2.05, 4.69) is 19.9 Å². The van der Waals surface area contributed by atoms with Gasteiger partial charge >= 0.3 is 0 Å². The maximum atomic E-state index is 10.5. The molecule has 0 bridgehead atoms. The number of nitrogens with two attached hydrogens (primary N) is 1. The second-order valence-corrected chi connectivity index (χ2v) is 8.90. The van der Waals surface area contributed by atoms with Gasteiger partial charge in [0.25, 0.3) is 0 Å². The van der Waals surface area contributed by atoms with Gasteiger partial charge in [-0.2, -0.15) is 0 Å². The van der Waals surface area contributed by atoms with Crippen LogP contribution in [0.2, 0.25) is 0 Å². The van der Waals surface area contributed by atoms with Crippen LogP contribution in [0.3, 0.4) is 0 Å². The van der Waals surface area contributed by atoms with E-state index in [1.165, 1.54) is 38.5 Å². The molecule has 0 radical (unpaired) electrons. The molecule has 0 aromatic heterocycles. The number of rotatable bonds is 0. The molecule has 3 N–H and O–H groups in total. The van der Waals surface area contributed by atoms with Crippen LogP contribution in [-0.4, -0.2) is 17.3 Å². The van der Waals surface area contributed by atoms with Crippen molar-refractivity contribution in [3.8, 4) is 0 Å². The third-order valence-corrected chi connectivity index (χ3v) is 8.09. The molecule has 0 aliphatic heterocycles. The summed E-state index contributed by atoms with van der Waals surface area (Å²) in [5.74, 6) is 2.40. The van der Waals surface area contributed by atoms with Gasteiger partial charge in [-0.1, -0.05) is 25.5 Å². The predicted molar refractivity (Wildman–Crippen MR) is 85.7 cm³/mol. The Bertz CT molecular complexity index is 472. The molecule has 3 fully saturated rings. The Morgan fingerprint density at radius 1 is 1.10 bits per heavy atom. The zero-order valence-electron chi connectivity index (χ0n) is 13.6. The quantitative estimate of drug-likeness (QED) is 0.669. The lowest BCUT2D eigenvalue weighted by molar-refractivity contribution is -0.0666. The summed E-state index contributed by atoms with van der Waals surface area (Å²) >= 11 is 0. The summed E-state index contributed by atoms with van der Waals surface area (Å²) in [6, 6.07) is 0.392. The molecule has 21 heavy (non-hydrogen) atoms. The molecule has 3 saturated carbocycles. The monoisotopic (exact) mass is 289 g/mol. The summed E-state index contributed by atoms with van der Waals surface area (Å²) < 4.78 is 0. The molecule has 0 spiro atoms. The molecule has 0 saturated heterocycles. The van der Waals surface area contributed by atoms with Gasteiger partial charge in [-0.3, -0.25) is 0 Å². The summed E-state index contributed by atoms with van der Waals surface area (Å²) in [7, 11) is 0. The van der Waals surface area contributed by atoms with Crippen molar-refractivity contribution < 1.29 is 5.11 Å². The van der Waals surface area contributed by atoms with Crippen molar-refractivity contribution in [3.63, 3.8) is 0 Å². The zero-order valence-corrected chi connectivity index (χ0v) is 13.6. The van der Waals surface area contributed by atoms with Crippen LogP contribution in [0.1, 0.15) is 65.2 Å². The maximum Gasteiger partial charge on any atom is 0.0596 e. The molecular weight excluding hydrogens is 258 g/mol. The molecule has 0 unspecified atom stereocenters. The van der Waals surface area contributed by atoms with Crippen LogP contribution in [0.4, 0.5) is 0 Å². The van der Waals surface area contributed by atoms with Gasteiger partial charge in [-0.15, -0.1) is 0 Å². The molecule has 118 valence electrons. The standard InChI is InChI=1S/C19H31NO/c1-18-9-7-13(20)11-12(18)3-4-14-15-5-6-17(21)19(15,2)10-8-16(14)18/h3,13-17,21H,4-11,20H2,1-2H3/t13-,14+,15+,16+,17+,18+,19+/m1/s1. The highest BCUT2D eigenvalue weighted by Gasteiger charge is 2.58. The molecule has 4 rings (SSSR count). The van der Waals surface area contributed by atoms with Crippen LogP contribution in [0.25, 0.3) is 0 Å². The third kappa shape index (κ3) is 1.84. The highest BCUT2D eigenvalue weighted by atomic mass is 16.3. The average molecular weight is 289 g/mol.